The van der Waals surface area contributed by atoms with Gasteiger partial charge in [-0.3, -0.25) is 9.97 Å². The lowest BCUT2D eigenvalue weighted by atomic mass is 10.1. The van der Waals surface area contributed by atoms with Crippen molar-refractivity contribution in [3.8, 4) is 11.4 Å². The molecule has 6 heteroatoms. The smallest absolute Gasteiger partial charge is 0.335 e. The molecule has 2 aromatic rings. The highest BCUT2D eigenvalue weighted by Gasteiger charge is 2.07. The van der Waals surface area contributed by atoms with Gasteiger partial charge in [-0.05, 0) is 36.9 Å². The van der Waals surface area contributed by atoms with Gasteiger partial charge in [0.1, 0.15) is 0 Å². The predicted molar refractivity (Wildman–Crippen MR) is 91.9 cm³/mol. The van der Waals surface area contributed by atoms with E-state index in [1.165, 1.54) is 18.3 Å². The monoisotopic (exact) mass is 329 g/mol. The molecule has 0 saturated heterocycles. The molecule has 128 valence electrons. The molecule has 0 aliphatic heterocycles. The minimum absolute atomic E-state index is 0.200. The van der Waals surface area contributed by atoms with E-state index in [1.54, 1.807) is 6.20 Å². The van der Waals surface area contributed by atoms with Gasteiger partial charge in [0.05, 0.1) is 30.2 Å². The van der Waals surface area contributed by atoms with Gasteiger partial charge < -0.3 is 14.7 Å². The molecule has 0 radical (unpaired) electrons. The highest BCUT2D eigenvalue weighted by Crippen LogP contribution is 2.16. The zero-order valence-electron chi connectivity index (χ0n) is 14.1. The Hall–Kier alpha value is -2.31. The summed E-state index contributed by atoms with van der Waals surface area (Å²) in [6.07, 6.45) is 3.21. The Labute approximate surface area is 142 Å². The van der Waals surface area contributed by atoms with Gasteiger partial charge in [0, 0.05) is 18.9 Å². The molecular weight excluding hydrogens is 306 g/mol. The summed E-state index contributed by atoms with van der Waals surface area (Å²) in [7, 11) is 0. The molecule has 0 atom stereocenters. The van der Waals surface area contributed by atoms with E-state index in [9.17, 15) is 4.79 Å². The minimum Gasteiger partial charge on any atom is -0.478 e. The van der Waals surface area contributed by atoms with Crippen molar-refractivity contribution in [2.75, 3.05) is 26.2 Å². The molecule has 1 N–H and O–H groups in total. The van der Waals surface area contributed by atoms with Gasteiger partial charge in [0.15, 0.2) is 0 Å². The average molecular weight is 329 g/mol. The molecule has 2 heterocycles. The summed E-state index contributed by atoms with van der Waals surface area (Å²) in [5.41, 5.74) is 2.37. The van der Waals surface area contributed by atoms with Crippen molar-refractivity contribution in [3.05, 3.63) is 47.8 Å². The van der Waals surface area contributed by atoms with E-state index < -0.39 is 5.97 Å². The largest absolute Gasteiger partial charge is 0.478 e. The highest BCUT2D eigenvalue weighted by molar-refractivity contribution is 5.88. The summed E-state index contributed by atoms with van der Waals surface area (Å²) >= 11 is 0. The maximum absolute atomic E-state index is 11.0. The molecule has 2 rings (SSSR count). The van der Waals surface area contributed by atoms with Crippen molar-refractivity contribution in [1.82, 2.24) is 14.9 Å². The summed E-state index contributed by atoms with van der Waals surface area (Å²) in [6.45, 7) is 8.45. The van der Waals surface area contributed by atoms with Crippen LogP contribution in [0.5, 0.6) is 0 Å². The minimum atomic E-state index is -0.975. The maximum atomic E-state index is 11.0. The summed E-state index contributed by atoms with van der Waals surface area (Å²) in [5, 5.41) is 9.03. The number of aromatic nitrogens is 2. The van der Waals surface area contributed by atoms with Crippen LogP contribution in [0.3, 0.4) is 0 Å². The van der Waals surface area contributed by atoms with Crippen LogP contribution in [0.4, 0.5) is 0 Å². The number of pyridine rings is 2. The molecule has 0 aromatic carbocycles. The fourth-order valence-electron chi connectivity index (χ4n) is 2.29. The quantitative estimate of drug-likeness (QED) is 0.713. The Kier molecular flexibility index (Phi) is 6.84. The number of ether oxygens (including phenoxy) is 1. The molecular formula is C18H23N3O3. The topological polar surface area (TPSA) is 75.5 Å². The molecule has 0 aliphatic rings. The third kappa shape index (κ3) is 5.11. The number of hydrogen-bond donors (Lipinski definition) is 1. The van der Waals surface area contributed by atoms with Crippen LogP contribution >= 0.6 is 0 Å². The maximum Gasteiger partial charge on any atom is 0.335 e. The number of carboxylic acids is 1. The zero-order chi connectivity index (χ0) is 17.4. The first-order valence-electron chi connectivity index (χ1n) is 8.08. The molecule has 0 bridgehead atoms. The van der Waals surface area contributed by atoms with Crippen molar-refractivity contribution in [2.24, 2.45) is 0 Å². The van der Waals surface area contributed by atoms with Crippen molar-refractivity contribution >= 4 is 5.97 Å². The third-order valence-corrected chi connectivity index (χ3v) is 3.81. The first kappa shape index (κ1) is 18.0. The van der Waals surface area contributed by atoms with Crippen LogP contribution in [0.15, 0.2) is 36.7 Å². The fourth-order valence-corrected chi connectivity index (χ4v) is 2.29. The van der Waals surface area contributed by atoms with Gasteiger partial charge >= 0.3 is 5.97 Å². The predicted octanol–water partition coefficient (Wildman–Crippen LogP) is 2.70. The lowest BCUT2D eigenvalue weighted by Gasteiger charge is -2.17. The highest BCUT2D eigenvalue weighted by atomic mass is 16.5. The molecule has 2 aromatic heterocycles. The van der Waals surface area contributed by atoms with Gasteiger partial charge in [-0.15, -0.1) is 0 Å². The van der Waals surface area contributed by atoms with E-state index in [-0.39, 0.29) is 5.56 Å². The van der Waals surface area contributed by atoms with Crippen molar-refractivity contribution < 1.29 is 14.6 Å². The van der Waals surface area contributed by atoms with Crippen LogP contribution < -0.4 is 0 Å². The number of likely N-dealkylation sites (N-methyl/N-ethyl adjacent to an activating group) is 1. The molecule has 24 heavy (non-hydrogen) atoms. The average Bonchev–Trinajstić information content (AvgIpc) is 2.62. The molecule has 0 unspecified atom stereocenters. The SMILES string of the molecule is CCN(CC)CCOCc1ccc(-c2cc(C(=O)O)ccn2)nc1. The molecule has 0 saturated carbocycles. The number of nitrogens with zero attached hydrogens (tertiary/aromatic N) is 3. The van der Waals surface area contributed by atoms with Crippen LogP contribution in [0.1, 0.15) is 29.8 Å². The number of carboxylic acid groups (broad SMARTS) is 1. The van der Waals surface area contributed by atoms with Gasteiger partial charge in [-0.2, -0.15) is 0 Å². The number of carbonyl (C=O) groups is 1. The Bertz CT molecular complexity index is 655. The van der Waals surface area contributed by atoms with E-state index in [4.69, 9.17) is 9.84 Å². The summed E-state index contributed by atoms with van der Waals surface area (Å²) in [5.74, 6) is -0.975. The first-order chi connectivity index (χ1) is 11.6. The first-order valence-corrected chi connectivity index (χ1v) is 8.08. The number of hydrogen-bond acceptors (Lipinski definition) is 5. The lowest BCUT2D eigenvalue weighted by Crippen LogP contribution is -2.26. The van der Waals surface area contributed by atoms with E-state index in [0.717, 1.165) is 25.2 Å². The molecule has 0 spiro atoms. The van der Waals surface area contributed by atoms with Crippen LogP contribution in [0.2, 0.25) is 0 Å². The second-order valence-corrected chi connectivity index (χ2v) is 5.37. The Morgan fingerprint density at radius 2 is 1.96 bits per heavy atom. The molecule has 6 nitrogen and oxygen atoms in total. The Balaban J connectivity index is 1.91. The third-order valence-electron chi connectivity index (χ3n) is 3.81. The van der Waals surface area contributed by atoms with Crippen LogP contribution in [-0.2, 0) is 11.3 Å². The van der Waals surface area contributed by atoms with Gasteiger partial charge in [0.25, 0.3) is 0 Å². The Morgan fingerprint density at radius 1 is 1.17 bits per heavy atom. The second-order valence-electron chi connectivity index (χ2n) is 5.37. The molecule has 0 fully saturated rings. The van der Waals surface area contributed by atoms with Crippen molar-refractivity contribution in [3.63, 3.8) is 0 Å². The normalized spacial score (nSPS) is 11.0. The van der Waals surface area contributed by atoms with Crippen LogP contribution in [0.25, 0.3) is 11.4 Å². The van der Waals surface area contributed by atoms with E-state index in [0.29, 0.717) is 24.6 Å². The summed E-state index contributed by atoms with van der Waals surface area (Å²) in [6, 6.07) is 6.74. The van der Waals surface area contributed by atoms with E-state index >= 15 is 0 Å². The second kappa shape index (κ2) is 9.10. The summed E-state index contributed by atoms with van der Waals surface area (Å²) in [4.78, 5) is 21.8. The number of aromatic carboxylic acids is 1. The number of rotatable bonds is 9. The van der Waals surface area contributed by atoms with E-state index in [1.807, 2.05) is 12.1 Å². The van der Waals surface area contributed by atoms with E-state index in [2.05, 4.69) is 28.7 Å². The van der Waals surface area contributed by atoms with Gasteiger partial charge in [0.2, 0.25) is 0 Å². The van der Waals surface area contributed by atoms with Crippen molar-refractivity contribution in [1.29, 1.82) is 0 Å². The molecule has 0 aliphatic carbocycles. The summed E-state index contributed by atoms with van der Waals surface area (Å²) < 4.78 is 5.67. The zero-order valence-corrected chi connectivity index (χ0v) is 14.1. The lowest BCUT2D eigenvalue weighted by molar-refractivity contribution is 0.0697. The standard InChI is InChI=1S/C18H23N3O3/c1-3-21(4-2)9-10-24-13-14-5-6-16(20-12-14)17-11-15(18(22)23)7-8-19-17/h5-8,11-12H,3-4,9-10,13H2,1-2H3,(H,22,23). The van der Waals surface area contributed by atoms with Gasteiger partial charge in [-0.1, -0.05) is 19.9 Å². The van der Waals surface area contributed by atoms with Crippen molar-refractivity contribution in [2.45, 2.75) is 20.5 Å². The van der Waals surface area contributed by atoms with Crippen LogP contribution in [-0.4, -0.2) is 52.2 Å². The fraction of sp³-hybridized carbons (Fsp3) is 0.389. The van der Waals surface area contributed by atoms with Gasteiger partial charge in [-0.25, -0.2) is 4.79 Å². The molecule has 0 amide bonds. The van der Waals surface area contributed by atoms with Crippen LogP contribution in [0, 0.1) is 0 Å². The Morgan fingerprint density at radius 3 is 2.58 bits per heavy atom.